The van der Waals surface area contributed by atoms with E-state index in [1.54, 1.807) is 12.0 Å². The fourth-order valence-corrected chi connectivity index (χ4v) is 1.76. The molecule has 0 aromatic heterocycles. The molecule has 1 N–H and O–H groups in total. The Hall–Kier alpha value is -0.690. The van der Waals surface area contributed by atoms with Crippen LogP contribution in [-0.2, 0) is 14.3 Å². The van der Waals surface area contributed by atoms with Crippen molar-refractivity contribution in [2.24, 2.45) is 0 Å². The van der Waals surface area contributed by atoms with Crippen molar-refractivity contribution in [2.45, 2.75) is 0 Å². The van der Waals surface area contributed by atoms with E-state index in [9.17, 15) is 4.79 Å². The van der Waals surface area contributed by atoms with Gasteiger partial charge in [-0.25, -0.2) is 0 Å². The van der Waals surface area contributed by atoms with Gasteiger partial charge in [0.15, 0.2) is 0 Å². The van der Waals surface area contributed by atoms with Gasteiger partial charge in [-0.2, -0.15) is 0 Å². The van der Waals surface area contributed by atoms with Gasteiger partial charge in [0.05, 0.1) is 13.2 Å². The van der Waals surface area contributed by atoms with Crippen molar-refractivity contribution in [3.8, 4) is 0 Å². The number of rotatable bonds is 8. The van der Waals surface area contributed by atoms with E-state index < -0.39 is 0 Å². The van der Waals surface area contributed by atoms with Crippen LogP contribution in [0.4, 0.5) is 0 Å². The van der Waals surface area contributed by atoms with Gasteiger partial charge in [-0.3, -0.25) is 9.69 Å². The summed E-state index contributed by atoms with van der Waals surface area (Å²) in [4.78, 5) is 15.8. The molecule has 0 aromatic carbocycles. The zero-order valence-corrected chi connectivity index (χ0v) is 11.5. The van der Waals surface area contributed by atoms with Crippen molar-refractivity contribution < 1.29 is 14.3 Å². The van der Waals surface area contributed by atoms with Crippen molar-refractivity contribution in [1.82, 2.24) is 15.1 Å². The number of likely N-dealkylation sites (N-methyl/N-ethyl adjacent to an activating group) is 1. The first-order chi connectivity index (χ1) is 8.74. The zero-order valence-electron chi connectivity index (χ0n) is 11.5. The Morgan fingerprint density at radius 3 is 2.72 bits per heavy atom. The quantitative estimate of drug-likeness (QED) is 0.568. The highest BCUT2D eigenvalue weighted by atomic mass is 16.5. The maximum atomic E-state index is 11.7. The molecule has 0 aromatic rings. The molecular formula is C12H25N3O3. The second kappa shape index (κ2) is 9.27. The summed E-state index contributed by atoms with van der Waals surface area (Å²) in [6.45, 7) is 7.02. The Bertz CT molecular complexity index is 233. The van der Waals surface area contributed by atoms with Crippen LogP contribution in [0.5, 0.6) is 0 Å². The average Bonchev–Trinajstić information content (AvgIpc) is 2.42. The van der Waals surface area contributed by atoms with Gasteiger partial charge in [-0.1, -0.05) is 0 Å². The number of carbonyl (C=O) groups is 1. The molecule has 1 fully saturated rings. The molecule has 6 heteroatoms. The molecule has 18 heavy (non-hydrogen) atoms. The lowest BCUT2D eigenvalue weighted by atomic mass is 10.3. The van der Waals surface area contributed by atoms with Gasteiger partial charge >= 0.3 is 0 Å². The lowest BCUT2D eigenvalue weighted by Gasteiger charge is -2.29. The molecule has 1 aliphatic heterocycles. The Kier molecular flexibility index (Phi) is 7.91. The SMILES string of the molecule is COCCOCC(=O)N(C)CCN1CCNCC1. The van der Waals surface area contributed by atoms with Crippen LogP contribution in [0.3, 0.4) is 0 Å². The van der Waals surface area contributed by atoms with Crippen LogP contribution in [0.1, 0.15) is 0 Å². The number of methoxy groups -OCH3 is 1. The Morgan fingerprint density at radius 2 is 2.06 bits per heavy atom. The maximum Gasteiger partial charge on any atom is 0.248 e. The van der Waals surface area contributed by atoms with Crippen molar-refractivity contribution in [1.29, 1.82) is 0 Å². The van der Waals surface area contributed by atoms with Gasteiger partial charge in [-0.15, -0.1) is 0 Å². The van der Waals surface area contributed by atoms with Crippen LogP contribution >= 0.6 is 0 Å². The molecule has 1 saturated heterocycles. The smallest absolute Gasteiger partial charge is 0.248 e. The lowest BCUT2D eigenvalue weighted by molar-refractivity contribution is -0.135. The van der Waals surface area contributed by atoms with Gasteiger partial charge in [-0.05, 0) is 0 Å². The Balaban J connectivity index is 2.07. The summed E-state index contributed by atoms with van der Waals surface area (Å²) in [5.41, 5.74) is 0. The summed E-state index contributed by atoms with van der Waals surface area (Å²) in [6, 6.07) is 0. The number of hydrogen-bond acceptors (Lipinski definition) is 5. The lowest BCUT2D eigenvalue weighted by Crippen LogP contribution is -2.46. The molecule has 1 amide bonds. The zero-order chi connectivity index (χ0) is 13.2. The predicted octanol–water partition coefficient (Wildman–Crippen LogP) is -0.987. The second-order valence-electron chi connectivity index (χ2n) is 4.45. The summed E-state index contributed by atoms with van der Waals surface area (Å²) in [5.74, 6) is 0.0289. The first-order valence-electron chi connectivity index (χ1n) is 6.47. The molecule has 0 aliphatic carbocycles. The molecule has 0 unspecified atom stereocenters. The van der Waals surface area contributed by atoms with Gasteiger partial charge in [0.1, 0.15) is 6.61 Å². The predicted molar refractivity (Wildman–Crippen MR) is 69.6 cm³/mol. The van der Waals surface area contributed by atoms with E-state index >= 15 is 0 Å². The van der Waals surface area contributed by atoms with E-state index in [4.69, 9.17) is 9.47 Å². The van der Waals surface area contributed by atoms with Crippen molar-refractivity contribution >= 4 is 5.91 Å². The first-order valence-corrected chi connectivity index (χ1v) is 6.47. The topological polar surface area (TPSA) is 54.0 Å². The maximum absolute atomic E-state index is 11.7. The molecule has 0 radical (unpaired) electrons. The summed E-state index contributed by atoms with van der Waals surface area (Å²) in [7, 11) is 3.44. The number of piperazine rings is 1. The van der Waals surface area contributed by atoms with Gasteiger partial charge in [0.2, 0.25) is 5.91 Å². The minimum absolute atomic E-state index is 0.0289. The highest BCUT2D eigenvalue weighted by molar-refractivity contribution is 5.77. The number of amides is 1. The highest BCUT2D eigenvalue weighted by Gasteiger charge is 2.13. The summed E-state index contributed by atoms with van der Waals surface area (Å²) in [5, 5.41) is 3.31. The van der Waals surface area contributed by atoms with E-state index in [0.717, 1.165) is 39.3 Å². The number of nitrogens with one attached hydrogen (secondary N) is 1. The first kappa shape index (κ1) is 15.4. The van der Waals surface area contributed by atoms with Crippen LogP contribution in [-0.4, -0.2) is 89.0 Å². The van der Waals surface area contributed by atoms with E-state index in [0.29, 0.717) is 13.2 Å². The minimum atomic E-state index is 0.0289. The van der Waals surface area contributed by atoms with E-state index in [1.807, 2.05) is 7.05 Å². The summed E-state index contributed by atoms with van der Waals surface area (Å²) >= 11 is 0. The fraction of sp³-hybridized carbons (Fsp3) is 0.917. The average molecular weight is 259 g/mol. The van der Waals surface area contributed by atoms with Crippen LogP contribution in [0.2, 0.25) is 0 Å². The molecule has 0 spiro atoms. The molecular weight excluding hydrogens is 234 g/mol. The summed E-state index contributed by atoms with van der Waals surface area (Å²) in [6.07, 6.45) is 0. The molecule has 6 nitrogen and oxygen atoms in total. The van der Waals surface area contributed by atoms with Crippen molar-refractivity contribution in [3.05, 3.63) is 0 Å². The van der Waals surface area contributed by atoms with Gasteiger partial charge < -0.3 is 19.7 Å². The Labute approximate surface area is 109 Å². The molecule has 0 atom stereocenters. The van der Waals surface area contributed by atoms with Gasteiger partial charge in [0, 0.05) is 53.4 Å². The van der Waals surface area contributed by atoms with E-state index in [2.05, 4.69) is 10.2 Å². The fourth-order valence-electron chi connectivity index (χ4n) is 1.76. The van der Waals surface area contributed by atoms with Gasteiger partial charge in [0.25, 0.3) is 0 Å². The number of nitrogens with zero attached hydrogens (tertiary/aromatic N) is 2. The molecule has 106 valence electrons. The van der Waals surface area contributed by atoms with Crippen molar-refractivity contribution in [3.63, 3.8) is 0 Å². The number of hydrogen-bond donors (Lipinski definition) is 1. The molecule has 1 aliphatic rings. The molecule has 0 saturated carbocycles. The third-order valence-corrected chi connectivity index (χ3v) is 3.04. The van der Waals surface area contributed by atoms with E-state index in [-0.39, 0.29) is 12.5 Å². The molecule has 1 rings (SSSR count). The standard InChI is InChI=1S/C12H25N3O3/c1-14(12(16)11-18-10-9-17-2)7-8-15-5-3-13-4-6-15/h13H,3-11H2,1-2H3. The largest absolute Gasteiger partial charge is 0.382 e. The van der Waals surface area contributed by atoms with Crippen molar-refractivity contribution in [2.75, 3.05) is 73.2 Å². The Morgan fingerprint density at radius 1 is 1.33 bits per heavy atom. The van der Waals surface area contributed by atoms with Crippen LogP contribution in [0.15, 0.2) is 0 Å². The highest BCUT2D eigenvalue weighted by Crippen LogP contribution is 1.94. The van der Waals surface area contributed by atoms with Crippen LogP contribution in [0.25, 0.3) is 0 Å². The third-order valence-electron chi connectivity index (χ3n) is 3.04. The number of carbonyl (C=O) groups excluding carboxylic acids is 1. The normalized spacial score (nSPS) is 16.8. The minimum Gasteiger partial charge on any atom is -0.382 e. The van der Waals surface area contributed by atoms with Crippen LogP contribution in [0, 0.1) is 0 Å². The second-order valence-corrected chi connectivity index (χ2v) is 4.45. The molecule has 1 heterocycles. The van der Waals surface area contributed by atoms with Crippen LogP contribution < -0.4 is 5.32 Å². The summed E-state index contributed by atoms with van der Waals surface area (Å²) < 4.78 is 10.1. The monoisotopic (exact) mass is 259 g/mol. The number of ether oxygens (including phenoxy) is 2. The molecule has 0 bridgehead atoms. The third kappa shape index (κ3) is 6.30. The van der Waals surface area contributed by atoms with E-state index in [1.165, 1.54) is 0 Å².